The summed E-state index contributed by atoms with van der Waals surface area (Å²) in [4.78, 5) is 4.02. The Kier molecular flexibility index (Phi) is 3.37. The number of hydrogen-bond donors (Lipinski definition) is 1. The molecule has 84 valence electrons. The average Bonchev–Trinajstić information content (AvgIpc) is 2.74. The van der Waals surface area contributed by atoms with Crippen molar-refractivity contribution in [2.75, 3.05) is 7.05 Å². The molecule has 0 saturated heterocycles. The number of aromatic nitrogens is 1. The summed E-state index contributed by atoms with van der Waals surface area (Å²) < 4.78 is 5.33. The molecule has 2 rings (SSSR count). The van der Waals surface area contributed by atoms with E-state index in [1.54, 1.807) is 6.26 Å². The fourth-order valence-electron chi connectivity index (χ4n) is 1.88. The molecule has 2 aromatic heterocycles. The van der Waals surface area contributed by atoms with Gasteiger partial charge in [0.25, 0.3) is 0 Å². The minimum absolute atomic E-state index is 0.293. The standard InChI is InChI=1S/C13H16N2O/c1-10-12(5-8-16-10)13(14-2)9-11-3-6-15-7-4-11/h3-8,13-14H,9H2,1-2H3. The SMILES string of the molecule is CNC(Cc1ccncc1)c1ccoc1C. The van der Waals surface area contributed by atoms with Crippen LogP contribution in [0, 0.1) is 6.92 Å². The van der Waals surface area contributed by atoms with Gasteiger partial charge in [-0.25, -0.2) is 0 Å². The number of pyridine rings is 1. The highest BCUT2D eigenvalue weighted by Gasteiger charge is 2.14. The van der Waals surface area contributed by atoms with Gasteiger partial charge in [0.15, 0.2) is 0 Å². The molecule has 0 aromatic carbocycles. The summed E-state index contributed by atoms with van der Waals surface area (Å²) >= 11 is 0. The fourth-order valence-corrected chi connectivity index (χ4v) is 1.88. The Morgan fingerprint density at radius 2 is 2.06 bits per heavy atom. The van der Waals surface area contributed by atoms with Gasteiger partial charge in [0.2, 0.25) is 0 Å². The summed E-state index contributed by atoms with van der Waals surface area (Å²) in [6.45, 7) is 1.99. The summed E-state index contributed by atoms with van der Waals surface area (Å²) in [6.07, 6.45) is 6.33. The van der Waals surface area contributed by atoms with Crippen molar-refractivity contribution in [3.8, 4) is 0 Å². The Hall–Kier alpha value is -1.61. The van der Waals surface area contributed by atoms with E-state index in [0.29, 0.717) is 6.04 Å². The van der Waals surface area contributed by atoms with Crippen LogP contribution < -0.4 is 5.32 Å². The molecule has 0 spiro atoms. The van der Waals surface area contributed by atoms with E-state index in [2.05, 4.69) is 10.3 Å². The van der Waals surface area contributed by atoms with E-state index < -0.39 is 0 Å². The Morgan fingerprint density at radius 3 is 2.62 bits per heavy atom. The molecule has 2 heterocycles. The van der Waals surface area contributed by atoms with Crippen LogP contribution >= 0.6 is 0 Å². The summed E-state index contributed by atoms with van der Waals surface area (Å²) in [6, 6.07) is 6.40. The summed E-state index contributed by atoms with van der Waals surface area (Å²) in [5.41, 5.74) is 2.49. The first-order valence-corrected chi connectivity index (χ1v) is 5.41. The highest BCUT2D eigenvalue weighted by molar-refractivity contribution is 5.23. The van der Waals surface area contributed by atoms with Crippen molar-refractivity contribution < 1.29 is 4.42 Å². The van der Waals surface area contributed by atoms with Gasteiger partial charge in [-0.15, -0.1) is 0 Å². The first kappa shape index (κ1) is 10.9. The van der Waals surface area contributed by atoms with Gasteiger partial charge in [0, 0.05) is 24.0 Å². The highest BCUT2D eigenvalue weighted by atomic mass is 16.3. The number of rotatable bonds is 4. The molecule has 0 aliphatic carbocycles. The first-order chi connectivity index (χ1) is 7.81. The third-order valence-electron chi connectivity index (χ3n) is 2.81. The van der Waals surface area contributed by atoms with Crippen molar-refractivity contribution in [1.29, 1.82) is 0 Å². The predicted molar refractivity (Wildman–Crippen MR) is 63.2 cm³/mol. The van der Waals surface area contributed by atoms with E-state index in [-0.39, 0.29) is 0 Å². The molecule has 1 atom stereocenters. The minimum atomic E-state index is 0.293. The number of furan rings is 1. The topological polar surface area (TPSA) is 38.1 Å². The molecule has 0 fully saturated rings. The van der Waals surface area contributed by atoms with Gasteiger partial charge >= 0.3 is 0 Å². The zero-order valence-electron chi connectivity index (χ0n) is 9.60. The zero-order chi connectivity index (χ0) is 11.4. The van der Waals surface area contributed by atoms with E-state index in [1.165, 1.54) is 11.1 Å². The lowest BCUT2D eigenvalue weighted by Crippen LogP contribution is -2.19. The molecule has 16 heavy (non-hydrogen) atoms. The third kappa shape index (κ3) is 2.31. The van der Waals surface area contributed by atoms with E-state index in [9.17, 15) is 0 Å². The van der Waals surface area contributed by atoms with Crippen molar-refractivity contribution >= 4 is 0 Å². The van der Waals surface area contributed by atoms with Crippen LogP contribution in [0.3, 0.4) is 0 Å². The quantitative estimate of drug-likeness (QED) is 0.853. The van der Waals surface area contributed by atoms with Gasteiger partial charge in [0.05, 0.1) is 6.26 Å². The number of nitrogens with one attached hydrogen (secondary N) is 1. The lowest BCUT2D eigenvalue weighted by Gasteiger charge is -2.15. The molecule has 1 N–H and O–H groups in total. The first-order valence-electron chi connectivity index (χ1n) is 5.41. The Morgan fingerprint density at radius 1 is 1.31 bits per heavy atom. The van der Waals surface area contributed by atoms with Crippen molar-refractivity contribution in [2.24, 2.45) is 0 Å². The summed E-state index contributed by atoms with van der Waals surface area (Å²) in [5, 5.41) is 3.31. The molecule has 0 saturated carbocycles. The molecule has 0 radical (unpaired) electrons. The fraction of sp³-hybridized carbons (Fsp3) is 0.308. The molecule has 0 aliphatic heterocycles. The number of aryl methyl sites for hydroxylation is 1. The van der Waals surface area contributed by atoms with Crippen LogP contribution in [-0.2, 0) is 6.42 Å². The van der Waals surface area contributed by atoms with Gasteiger partial charge in [-0.3, -0.25) is 4.98 Å². The Balaban J connectivity index is 2.16. The molecule has 0 amide bonds. The second kappa shape index (κ2) is 4.94. The van der Waals surface area contributed by atoms with Crippen LogP contribution in [-0.4, -0.2) is 12.0 Å². The lowest BCUT2D eigenvalue weighted by atomic mass is 10.0. The molecule has 3 heteroatoms. The Labute approximate surface area is 95.5 Å². The molecular weight excluding hydrogens is 200 g/mol. The van der Waals surface area contributed by atoms with E-state index >= 15 is 0 Å². The molecule has 2 aromatic rings. The third-order valence-corrected chi connectivity index (χ3v) is 2.81. The van der Waals surface area contributed by atoms with Crippen LogP contribution in [0.5, 0.6) is 0 Å². The van der Waals surface area contributed by atoms with Gasteiger partial charge in [0.1, 0.15) is 5.76 Å². The highest BCUT2D eigenvalue weighted by Crippen LogP contribution is 2.21. The van der Waals surface area contributed by atoms with Gasteiger partial charge in [-0.2, -0.15) is 0 Å². The van der Waals surface area contributed by atoms with E-state index in [0.717, 1.165) is 12.2 Å². The normalized spacial score (nSPS) is 12.6. The van der Waals surface area contributed by atoms with Gasteiger partial charge in [-0.05, 0) is 44.2 Å². The smallest absolute Gasteiger partial charge is 0.105 e. The van der Waals surface area contributed by atoms with Crippen molar-refractivity contribution in [3.05, 3.63) is 53.7 Å². The number of hydrogen-bond acceptors (Lipinski definition) is 3. The lowest BCUT2D eigenvalue weighted by molar-refractivity contribution is 0.512. The molecule has 0 aliphatic rings. The zero-order valence-corrected chi connectivity index (χ0v) is 9.60. The largest absolute Gasteiger partial charge is 0.469 e. The second-order valence-electron chi connectivity index (χ2n) is 3.83. The molecule has 1 unspecified atom stereocenters. The molecule has 0 bridgehead atoms. The molecule has 3 nitrogen and oxygen atoms in total. The number of likely N-dealkylation sites (N-methyl/N-ethyl adjacent to an activating group) is 1. The summed E-state index contributed by atoms with van der Waals surface area (Å²) in [5.74, 6) is 0.980. The molecular formula is C13H16N2O. The maximum Gasteiger partial charge on any atom is 0.105 e. The van der Waals surface area contributed by atoms with Gasteiger partial charge < -0.3 is 9.73 Å². The van der Waals surface area contributed by atoms with Crippen molar-refractivity contribution in [3.63, 3.8) is 0 Å². The van der Waals surface area contributed by atoms with Crippen LogP contribution in [0.4, 0.5) is 0 Å². The average molecular weight is 216 g/mol. The minimum Gasteiger partial charge on any atom is -0.469 e. The van der Waals surface area contributed by atoms with Crippen LogP contribution in [0.2, 0.25) is 0 Å². The van der Waals surface area contributed by atoms with Crippen LogP contribution in [0.25, 0.3) is 0 Å². The maximum atomic E-state index is 5.33. The van der Waals surface area contributed by atoms with Crippen molar-refractivity contribution in [2.45, 2.75) is 19.4 Å². The second-order valence-corrected chi connectivity index (χ2v) is 3.83. The van der Waals surface area contributed by atoms with Crippen LogP contribution in [0.15, 0.2) is 41.3 Å². The van der Waals surface area contributed by atoms with Crippen LogP contribution in [0.1, 0.15) is 22.9 Å². The Bertz CT molecular complexity index is 436. The summed E-state index contributed by atoms with van der Waals surface area (Å²) in [7, 11) is 1.97. The van der Waals surface area contributed by atoms with Crippen molar-refractivity contribution in [1.82, 2.24) is 10.3 Å². The van der Waals surface area contributed by atoms with E-state index in [1.807, 2.05) is 44.6 Å². The monoisotopic (exact) mass is 216 g/mol. The van der Waals surface area contributed by atoms with Gasteiger partial charge in [-0.1, -0.05) is 0 Å². The predicted octanol–water partition coefficient (Wildman–Crippen LogP) is 2.49. The van der Waals surface area contributed by atoms with E-state index in [4.69, 9.17) is 4.42 Å². The number of nitrogens with zero attached hydrogens (tertiary/aromatic N) is 1. The maximum absolute atomic E-state index is 5.33.